The van der Waals surface area contributed by atoms with Gasteiger partial charge in [0.15, 0.2) is 5.69 Å². The lowest BCUT2D eigenvalue weighted by molar-refractivity contribution is 0.0690. The van der Waals surface area contributed by atoms with E-state index >= 15 is 0 Å². The van der Waals surface area contributed by atoms with E-state index in [1.165, 1.54) is 12.3 Å². The fourth-order valence-corrected chi connectivity index (χ4v) is 1.16. The van der Waals surface area contributed by atoms with Gasteiger partial charge in [-0.25, -0.2) is 9.78 Å². The molecule has 1 aromatic rings. The Kier molecular flexibility index (Phi) is 4.60. The van der Waals surface area contributed by atoms with Crippen LogP contribution in [0.25, 0.3) is 0 Å². The maximum atomic E-state index is 10.6. The first-order chi connectivity index (χ1) is 7.24. The molecule has 0 fully saturated rings. The van der Waals surface area contributed by atoms with Gasteiger partial charge >= 0.3 is 5.97 Å². The zero-order chi connectivity index (χ0) is 11.1. The van der Waals surface area contributed by atoms with Crippen molar-refractivity contribution in [3.05, 3.63) is 24.0 Å². The Morgan fingerprint density at radius 2 is 2.33 bits per heavy atom. The number of unbranched alkanes of at least 4 members (excludes halogenated alkanes) is 2. The molecular weight excluding hydrogens is 194 g/mol. The molecule has 0 aromatic carbocycles. The first-order valence-electron chi connectivity index (χ1n) is 5.06. The molecule has 0 aliphatic heterocycles. The maximum absolute atomic E-state index is 10.6. The average molecular weight is 209 g/mol. The van der Waals surface area contributed by atoms with Crippen molar-refractivity contribution >= 4 is 5.97 Å². The van der Waals surface area contributed by atoms with Crippen LogP contribution in [0.3, 0.4) is 0 Å². The monoisotopic (exact) mass is 209 g/mol. The highest BCUT2D eigenvalue weighted by Crippen LogP contribution is 2.11. The molecule has 0 spiro atoms. The lowest BCUT2D eigenvalue weighted by atomic mass is 10.3. The van der Waals surface area contributed by atoms with Crippen LogP contribution in [-0.2, 0) is 0 Å². The number of carboxylic acids is 1. The number of hydrogen-bond donors (Lipinski definition) is 1. The number of pyridine rings is 1. The molecule has 0 saturated carbocycles. The third kappa shape index (κ3) is 3.97. The van der Waals surface area contributed by atoms with Crippen LogP contribution < -0.4 is 4.74 Å². The normalized spacial score (nSPS) is 9.93. The number of nitrogens with zero attached hydrogens (tertiary/aromatic N) is 1. The standard InChI is InChI=1S/C11H15NO3/c1-2-3-4-7-15-9-5-6-12-10(8-9)11(13)14/h5-6,8H,2-4,7H2,1H3,(H,13,14). The maximum Gasteiger partial charge on any atom is 0.354 e. The highest BCUT2D eigenvalue weighted by molar-refractivity contribution is 5.85. The molecule has 0 aliphatic rings. The largest absolute Gasteiger partial charge is 0.493 e. The van der Waals surface area contributed by atoms with Gasteiger partial charge in [-0.15, -0.1) is 0 Å². The molecule has 0 atom stereocenters. The smallest absolute Gasteiger partial charge is 0.354 e. The Hall–Kier alpha value is -1.58. The molecule has 0 aliphatic carbocycles. The van der Waals surface area contributed by atoms with E-state index in [1.54, 1.807) is 6.07 Å². The Bertz CT molecular complexity index is 325. The van der Waals surface area contributed by atoms with Crippen molar-refractivity contribution in [2.24, 2.45) is 0 Å². The number of carboxylic acid groups (broad SMARTS) is 1. The minimum Gasteiger partial charge on any atom is -0.493 e. The van der Waals surface area contributed by atoms with Gasteiger partial charge in [-0.2, -0.15) is 0 Å². The summed E-state index contributed by atoms with van der Waals surface area (Å²) in [5.74, 6) is -0.465. The molecule has 1 heterocycles. The molecule has 0 radical (unpaired) electrons. The average Bonchev–Trinajstić information content (AvgIpc) is 2.25. The van der Waals surface area contributed by atoms with Crippen LogP contribution in [-0.4, -0.2) is 22.7 Å². The number of aromatic carboxylic acids is 1. The molecule has 0 unspecified atom stereocenters. The van der Waals surface area contributed by atoms with Gasteiger partial charge in [0.1, 0.15) is 5.75 Å². The Morgan fingerprint density at radius 3 is 3.00 bits per heavy atom. The predicted octanol–water partition coefficient (Wildman–Crippen LogP) is 2.35. The summed E-state index contributed by atoms with van der Waals surface area (Å²) < 4.78 is 5.40. The molecule has 1 aromatic heterocycles. The van der Waals surface area contributed by atoms with Crippen LogP contribution in [0, 0.1) is 0 Å². The molecule has 82 valence electrons. The molecule has 15 heavy (non-hydrogen) atoms. The lowest BCUT2D eigenvalue weighted by Gasteiger charge is -2.05. The van der Waals surface area contributed by atoms with Crippen molar-refractivity contribution in [2.45, 2.75) is 26.2 Å². The second-order valence-corrected chi connectivity index (χ2v) is 3.24. The van der Waals surface area contributed by atoms with E-state index in [1.807, 2.05) is 0 Å². The second kappa shape index (κ2) is 6.01. The van der Waals surface area contributed by atoms with E-state index in [2.05, 4.69) is 11.9 Å². The van der Waals surface area contributed by atoms with Crippen molar-refractivity contribution in [3.63, 3.8) is 0 Å². The zero-order valence-electron chi connectivity index (χ0n) is 8.77. The molecule has 0 amide bonds. The number of aromatic nitrogens is 1. The van der Waals surface area contributed by atoms with Crippen molar-refractivity contribution < 1.29 is 14.6 Å². The van der Waals surface area contributed by atoms with Crippen LogP contribution in [0.2, 0.25) is 0 Å². The third-order valence-corrected chi connectivity index (χ3v) is 1.97. The lowest BCUT2D eigenvalue weighted by Crippen LogP contribution is -2.02. The number of carbonyl (C=O) groups is 1. The summed E-state index contributed by atoms with van der Waals surface area (Å²) in [5, 5.41) is 8.70. The fourth-order valence-electron chi connectivity index (χ4n) is 1.16. The quantitative estimate of drug-likeness (QED) is 0.730. The van der Waals surface area contributed by atoms with Gasteiger partial charge in [-0.1, -0.05) is 19.8 Å². The molecular formula is C11H15NO3. The van der Waals surface area contributed by atoms with Crippen LogP contribution in [0.1, 0.15) is 36.7 Å². The van der Waals surface area contributed by atoms with Crippen molar-refractivity contribution in [3.8, 4) is 5.75 Å². The van der Waals surface area contributed by atoms with E-state index in [9.17, 15) is 4.79 Å². The zero-order valence-corrected chi connectivity index (χ0v) is 8.77. The minimum atomic E-state index is -1.03. The number of hydrogen-bond acceptors (Lipinski definition) is 3. The molecule has 4 heteroatoms. The highest BCUT2D eigenvalue weighted by Gasteiger charge is 2.04. The molecule has 1 rings (SSSR count). The Labute approximate surface area is 88.9 Å². The first kappa shape index (κ1) is 11.5. The summed E-state index contributed by atoms with van der Waals surface area (Å²) in [4.78, 5) is 14.3. The summed E-state index contributed by atoms with van der Waals surface area (Å²) in [7, 11) is 0. The Balaban J connectivity index is 2.47. The van der Waals surface area contributed by atoms with E-state index in [4.69, 9.17) is 9.84 Å². The van der Waals surface area contributed by atoms with Gasteiger partial charge in [0.05, 0.1) is 6.61 Å². The number of ether oxygens (including phenoxy) is 1. The Morgan fingerprint density at radius 1 is 1.53 bits per heavy atom. The van der Waals surface area contributed by atoms with Crippen LogP contribution in [0.5, 0.6) is 5.75 Å². The van der Waals surface area contributed by atoms with Crippen molar-refractivity contribution in [1.29, 1.82) is 0 Å². The SMILES string of the molecule is CCCCCOc1ccnc(C(=O)O)c1. The first-order valence-corrected chi connectivity index (χ1v) is 5.06. The van der Waals surface area contributed by atoms with Crippen LogP contribution in [0.4, 0.5) is 0 Å². The summed E-state index contributed by atoms with van der Waals surface area (Å²) in [5.41, 5.74) is 0.0167. The van der Waals surface area contributed by atoms with Gasteiger partial charge in [0.25, 0.3) is 0 Å². The van der Waals surface area contributed by atoms with Gasteiger partial charge in [-0.3, -0.25) is 0 Å². The van der Waals surface area contributed by atoms with Crippen molar-refractivity contribution in [2.75, 3.05) is 6.61 Å². The van der Waals surface area contributed by atoms with Gasteiger partial charge in [0, 0.05) is 12.3 Å². The van der Waals surface area contributed by atoms with E-state index < -0.39 is 5.97 Å². The molecule has 1 N–H and O–H groups in total. The predicted molar refractivity (Wildman–Crippen MR) is 56.2 cm³/mol. The van der Waals surface area contributed by atoms with Gasteiger partial charge in [-0.05, 0) is 12.5 Å². The summed E-state index contributed by atoms with van der Waals surface area (Å²) in [6.07, 6.45) is 4.69. The van der Waals surface area contributed by atoms with Crippen LogP contribution >= 0.6 is 0 Å². The summed E-state index contributed by atoms with van der Waals surface area (Å²) >= 11 is 0. The summed E-state index contributed by atoms with van der Waals surface area (Å²) in [6.45, 7) is 2.74. The van der Waals surface area contributed by atoms with E-state index in [0.717, 1.165) is 19.3 Å². The number of rotatable bonds is 6. The summed E-state index contributed by atoms with van der Waals surface area (Å²) in [6, 6.07) is 3.10. The van der Waals surface area contributed by atoms with Crippen molar-refractivity contribution in [1.82, 2.24) is 4.98 Å². The highest BCUT2D eigenvalue weighted by atomic mass is 16.5. The van der Waals surface area contributed by atoms with Gasteiger partial charge in [0.2, 0.25) is 0 Å². The minimum absolute atomic E-state index is 0.0167. The second-order valence-electron chi connectivity index (χ2n) is 3.24. The van der Waals surface area contributed by atoms with E-state index in [-0.39, 0.29) is 5.69 Å². The van der Waals surface area contributed by atoms with E-state index in [0.29, 0.717) is 12.4 Å². The fraction of sp³-hybridized carbons (Fsp3) is 0.455. The molecule has 4 nitrogen and oxygen atoms in total. The van der Waals surface area contributed by atoms with Crippen LogP contribution in [0.15, 0.2) is 18.3 Å². The molecule has 0 saturated heterocycles. The molecule has 0 bridgehead atoms. The van der Waals surface area contributed by atoms with Gasteiger partial charge < -0.3 is 9.84 Å². The third-order valence-electron chi connectivity index (χ3n) is 1.97. The topological polar surface area (TPSA) is 59.4 Å².